The lowest BCUT2D eigenvalue weighted by Crippen LogP contribution is -2.27. The molecule has 0 aromatic heterocycles. The Morgan fingerprint density at radius 1 is 1.39 bits per heavy atom. The second-order valence-corrected chi connectivity index (χ2v) is 3.69. The van der Waals surface area contributed by atoms with E-state index in [9.17, 15) is 13.6 Å². The first-order chi connectivity index (χ1) is 8.50. The Kier molecular flexibility index (Phi) is 5.51. The summed E-state index contributed by atoms with van der Waals surface area (Å²) in [6.45, 7) is -0.693. The maximum absolute atomic E-state index is 11.8. The van der Waals surface area contributed by atoms with E-state index in [1.165, 1.54) is 17.0 Å². The molecule has 0 saturated heterocycles. The van der Waals surface area contributed by atoms with E-state index in [1.54, 1.807) is 19.2 Å². The summed E-state index contributed by atoms with van der Waals surface area (Å²) in [7, 11) is 1.57. The van der Waals surface area contributed by atoms with Gasteiger partial charge in [0.15, 0.2) is 0 Å². The quantitative estimate of drug-likeness (QED) is 0.795. The zero-order valence-corrected chi connectivity index (χ0v) is 9.97. The van der Waals surface area contributed by atoms with Crippen LogP contribution in [0.1, 0.15) is 6.42 Å². The van der Waals surface area contributed by atoms with Gasteiger partial charge in [0.25, 0.3) is 6.43 Å². The topological polar surface area (TPSA) is 49.8 Å². The van der Waals surface area contributed by atoms with Crippen LogP contribution in [0.3, 0.4) is 0 Å². The van der Waals surface area contributed by atoms with E-state index < -0.39 is 13.0 Å². The molecule has 0 spiro atoms. The van der Waals surface area contributed by atoms with Gasteiger partial charge in [-0.25, -0.2) is 8.78 Å². The number of alkyl halides is 2. The van der Waals surface area contributed by atoms with Gasteiger partial charge in [0.2, 0.25) is 5.91 Å². The highest BCUT2D eigenvalue weighted by Gasteiger charge is 2.11. The zero-order valence-electron chi connectivity index (χ0n) is 9.97. The fourth-order valence-electron chi connectivity index (χ4n) is 1.32. The van der Waals surface area contributed by atoms with E-state index >= 15 is 0 Å². The molecule has 0 unspecified atom stereocenters. The highest BCUT2D eigenvalue weighted by atomic mass is 19.3. The van der Waals surface area contributed by atoms with Gasteiger partial charge in [-0.3, -0.25) is 4.79 Å². The van der Waals surface area contributed by atoms with Crippen LogP contribution in [0.4, 0.5) is 14.5 Å². The summed E-state index contributed by atoms with van der Waals surface area (Å²) in [5, 5.41) is 9.11. The molecule has 0 aliphatic rings. The number of carbonyl (C=O) groups is 1. The second-order valence-electron chi connectivity index (χ2n) is 3.69. The number of hydrogen-bond acceptors (Lipinski definition) is 3. The molecule has 1 rings (SSSR count). The maximum Gasteiger partial charge on any atom is 0.261 e. The van der Waals surface area contributed by atoms with E-state index in [2.05, 4.69) is 4.74 Å². The minimum absolute atomic E-state index is 0.0318. The Morgan fingerprint density at radius 2 is 2.00 bits per heavy atom. The van der Waals surface area contributed by atoms with Crippen molar-refractivity contribution in [3.05, 3.63) is 24.3 Å². The Hall–Kier alpha value is -1.69. The summed E-state index contributed by atoms with van der Waals surface area (Å²) < 4.78 is 28.2. The molecule has 18 heavy (non-hydrogen) atoms. The van der Waals surface area contributed by atoms with Gasteiger partial charge in [-0.2, -0.15) is 0 Å². The first-order valence-electron chi connectivity index (χ1n) is 5.42. The number of halogens is 2. The Morgan fingerprint density at radius 3 is 2.56 bits per heavy atom. The molecular weight excluding hydrogens is 244 g/mol. The predicted molar refractivity (Wildman–Crippen MR) is 63.0 cm³/mol. The number of benzene rings is 1. The number of hydrogen-bond donors (Lipinski definition) is 1. The molecular formula is C12H15F2NO3. The van der Waals surface area contributed by atoms with Crippen LogP contribution in [0.2, 0.25) is 0 Å². The van der Waals surface area contributed by atoms with Crippen LogP contribution in [-0.2, 0) is 9.53 Å². The van der Waals surface area contributed by atoms with E-state index in [4.69, 9.17) is 5.11 Å². The van der Waals surface area contributed by atoms with Crippen molar-refractivity contribution >= 4 is 11.6 Å². The Balaban J connectivity index is 2.39. The van der Waals surface area contributed by atoms with Crippen molar-refractivity contribution in [2.75, 3.05) is 25.2 Å². The van der Waals surface area contributed by atoms with Gasteiger partial charge in [-0.1, -0.05) is 0 Å². The van der Waals surface area contributed by atoms with E-state index in [1.807, 2.05) is 0 Å². The fraction of sp³-hybridized carbons (Fsp3) is 0.417. The molecule has 4 nitrogen and oxygen atoms in total. The SMILES string of the molecule is CN(C(=O)CCOCC(F)F)c1ccc(O)cc1. The van der Waals surface area contributed by atoms with Crippen LogP contribution < -0.4 is 4.90 Å². The maximum atomic E-state index is 11.8. The first kappa shape index (κ1) is 14.4. The largest absolute Gasteiger partial charge is 0.508 e. The van der Waals surface area contributed by atoms with Crippen LogP contribution in [0.25, 0.3) is 0 Å². The molecule has 100 valence electrons. The lowest BCUT2D eigenvalue weighted by molar-refractivity contribution is -0.119. The first-order valence-corrected chi connectivity index (χ1v) is 5.42. The van der Waals surface area contributed by atoms with Gasteiger partial charge in [0.1, 0.15) is 12.4 Å². The van der Waals surface area contributed by atoms with Gasteiger partial charge in [0.05, 0.1) is 13.0 Å². The third-order valence-corrected chi connectivity index (χ3v) is 2.32. The van der Waals surface area contributed by atoms with Crippen LogP contribution in [-0.4, -0.2) is 37.7 Å². The number of aromatic hydroxyl groups is 1. The molecule has 0 atom stereocenters. The molecule has 1 aromatic carbocycles. The summed E-state index contributed by atoms with van der Waals surface area (Å²) in [6.07, 6.45) is -2.49. The summed E-state index contributed by atoms with van der Waals surface area (Å²) in [5.74, 6) is -0.130. The van der Waals surface area contributed by atoms with E-state index in [0.29, 0.717) is 5.69 Å². The monoisotopic (exact) mass is 259 g/mol. The lowest BCUT2D eigenvalue weighted by atomic mass is 10.2. The van der Waals surface area contributed by atoms with Crippen LogP contribution in [0, 0.1) is 0 Å². The lowest BCUT2D eigenvalue weighted by Gasteiger charge is -2.17. The average Bonchev–Trinajstić information content (AvgIpc) is 2.34. The molecule has 0 bridgehead atoms. The van der Waals surface area contributed by atoms with Crippen LogP contribution in [0.5, 0.6) is 5.75 Å². The highest BCUT2D eigenvalue weighted by molar-refractivity contribution is 5.92. The number of phenols is 1. The summed E-state index contributed by atoms with van der Waals surface area (Å²) in [6, 6.07) is 6.11. The minimum atomic E-state index is -2.52. The van der Waals surface area contributed by atoms with Crippen molar-refractivity contribution in [2.24, 2.45) is 0 Å². The van der Waals surface area contributed by atoms with Crippen LogP contribution >= 0.6 is 0 Å². The number of rotatable bonds is 6. The summed E-state index contributed by atoms with van der Waals surface area (Å²) >= 11 is 0. The standard InChI is InChI=1S/C12H15F2NO3/c1-15(9-2-4-10(16)5-3-9)12(17)6-7-18-8-11(13)14/h2-5,11,16H,6-8H2,1H3. The van der Waals surface area contributed by atoms with Gasteiger partial charge in [-0.15, -0.1) is 0 Å². The van der Waals surface area contributed by atoms with Crippen LogP contribution in [0.15, 0.2) is 24.3 Å². The number of amides is 1. The zero-order chi connectivity index (χ0) is 13.5. The number of anilines is 1. The van der Waals surface area contributed by atoms with Crippen molar-refractivity contribution in [2.45, 2.75) is 12.8 Å². The molecule has 1 amide bonds. The molecule has 0 aliphatic heterocycles. The van der Waals surface area contributed by atoms with Gasteiger partial charge in [-0.05, 0) is 24.3 Å². The van der Waals surface area contributed by atoms with Crippen molar-refractivity contribution in [3.8, 4) is 5.75 Å². The molecule has 0 heterocycles. The fourth-order valence-corrected chi connectivity index (χ4v) is 1.32. The smallest absolute Gasteiger partial charge is 0.261 e. The molecule has 1 aromatic rings. The molecule has 0 saturated carbocycles. The second kappa shape index (κ2) is 6.90. The van der Waals surface area contributed by atoms with Crippen molar-refractivity contribution in [1.29, 1.82) is 0 Å². The van der Waals surface area contributed by atoms with E-state index in [0.717, 1.165) is 0 Å². The number of carbonyl (C=O) groups excluding carboxylic acids is 1. The molecule has 0 fully saturated rings. The summed E-state index contributed by atoms with van der Waals surface area (Å²) in [5.41, 5.74) is 0.617. The third kappa shape index (κ3) is 4.67. The molecule has 1 N–H and O–H groups in total. The molecule has 6 heteroatoms. The average molecular weight is 259 g/mol. The number of nitrogens with zero attached hydrogens (tertiary/aromatic N) is 1. The predicted octanol–water partition coefficient (Wildman–Crippen LogP) is 2.03. The van der Waals surface area contributed by atoms with E-state index in [-0.39, 0.29) is 24.7 Å². The molecule has 0 radical (unpaired) electrons. The molecule has 0 aliphatic carbocycles. The minimum Gasteiger partial charge on any atom is -0.508 e. The highest BCUT2D eigenvalue weighted by Crippen LogP contribution is 2.17. The van der Waals surface area contributed by atoms with Crippen molar-refractivity contribution < 1.29 is 23.4 Å². The number of phenolic OH excluding ortho intramolecular Hbond substituents is 1. The summed E-state index contributed by atoms with van der Waals surface area (Å²) in [4.78, 5) is 13.0. The van der Waals surface area contributed by atoms with Crippen molar-refractivity contribution in [3.63, 3.8) is 0 Å². The van der Waals surface area contributed by atoms with Gasteiger partial charge >= 0.3 is 0 Å². The van der Waals surface area contributed by atoms with Gasteiger partial charge in [0, 0.05) is 12.7 Å². The Bertz CT molecular complexity index is 381. The van der Waals surface area contributed by atoms with Gasteiger partial charge < -0.3 is 14.7 Å². The number of ether oxygens (including phenoxy) is 1. The normalized spacial score (nSPS) is 10.7. The van der Waals surface area contributed by atoms with Crippen molar-refractivity contribution in [1.82, 2.24) is 0 Å². The third-order valence-electron chi connectivity index (χ3n) is 2.32. The Labute approximate surface area is 104 Å².